The molecular weight excluding hydrogens is 622 g/mol. The Labute approximate surface area is 271 Å². The van der Waals surface area contributed by atoms with E-state index in [2.05, 4.69) is 0 Å². The van der Waals surface area contributed by atoms with Gasteiger partial charge in [0, 0.05) is 0 Å². The quantitative estimate of drug-likeness (QED) is 0.0887. The summed E-state index contributed by atoms with van der Waals surface area (Å²) in [6, 6.07) is 8.53. The van der Waals surface area contributed by atoms with E-state index in [0.29, 0.717) is 58.0 Å². The first kappa shape index (κ1) is 34.6. The molecule has 2 fully saturated rings. The number of rotatable bonds is 11. The first-order valence-corrected chi connectivity index (χ1v) is 16.5. The van der Waals surface area contributed by atoms with Gasteiger partial charge in [-0.2, -0.15) is 13.2 Å². The fourth-order valence-electron chi connectivity index (χ4n) is 6.92. The van der Waals surface area contributed by atoms with Crippen LogP contribution in [0.1, 0.15) is 112 Å². The fourth-order valence-corrected chi connectivity index (χ4v) is 6.92. The van der Waals surface area contributed by atoms with Crippen LogP contribution in [0.2, 0.25) is 0 Å². The SMILES string of the molecule is CCCCOc1ccc(C2CCC(C(=O)Oc3ccc(C4CCC(c5ccc(OCC)c(F)c5F)CC4)c(F)c3F)CC2)c(F)c1F. The third-order valence-electron chi connectivity index (χ3n) is 9.60. The maximum Gasteiger partial charge on any atom is 0.314 e. The van der Waals surface area contributed by atoms with Crippen molar-refractivity contribution in [2.24, 2.45) is 5.92 Å². The van der Waals surface area contributed by atoms with Gasteiger partial charge in [0.15, 0.2) is 34.7 Å². The molecule has 3 aromatic rings. The van der Waals surface area contributed by atoms with Crippen molar-refractivity contribution >= 4 is 5.97 Å². The molecule has 2 aliphatic rings. The second kappa shape index (κ2) is 15.5. The topological polar surface area (TPSA) is 44.8 Å². The third kappa shape index (κ3) is 7.57. The first-order valence-electron chi connectivity index (χ1n) is 16.5. The number of ether oxygens (including phenoxy) is 3. The molecule has 3 aromatic carbocycles. The molecule has 0 aliphatic heterocycles. The van der Waals surface area contributed by atoms with Gasteiger partial charge < -0.3 is 14.2 Å². The molecule has 0 spiro atoms. The Morgan fingerprint density at radius 2 is 0.979 bits per heavy atom. The van der Waals surface area contributed by atoms with Crippen molar-refractivity contribution in [3.8, 4) is 17.2 Å². The Morgan fingerprint density at radius 1 is 0.574 bits per heavy atom. The lowest BCUT2D eigenvalue weighted by Gasteiger charge is -2.30. The van der Waals surface area contributed by atoms with E-state index in [0.717, 1.165) is 12.8 Å². The maximum absolute atomic E-state index is 15.3. The molecule has 0 saturated heterocycles. The summed E-state index contributed by atoms with van der Waals surface area (Å²) >= 11 is 0. The first-order chi connectivity index (χ1) is 22.6. The highest BCUT2D eigenvalue weighted by Crippen LogP contribution is 2.44. The Kier molecular flexibility index (Phi) is 11.4. The Bertz CT molecular complexity index is 1560. The predicted octanol–water partition coefficient (Wildman–Crippen LogP) is 10.4. The van der Waals surface area contributed by atoms with Crippen LogP contribution in [0.5, 0.6) is 17.2 Å². The van der Waals surface area contributed by atoms with Gasteiger partial charge in [0.05, 0.1) is 19.1 Å². The fraction of sp³-hybridized carbons (Fsp3) is 0.486. The van der Waals surface area contributed by atoms with E-state index >= 15 is 8.78 Å². The average Bonchev–Trinajstić information content (AvgIpc) is 3.08. The zero-order chi connectivity index (χ0) is 33.7. The Balaban J connectivity index is 1.16. The molecule has 5 rings (SSSR count). The highest BCUT2D eigenvalue weighted by molar-refractivity contribution is 5.75. The van der Waals surface area contributed by atoms with Crippen molar-refractivity contribution in [2.45, 2.75) is 95.8 Å². The van der Waals surface area contributed by atoms with Crippen molar-refractivity contribution in [1.82, 2.24) is 0 Å². The summed E-state index contributed by atoms with van der Waals surface area (Å²) in [5, 5.41) is 0. The maximum atomic E-state index is 15.3. The zero-order valence-corrected chi connectivity index (χ0v) is 26.7. The van der Waals surface area contributed by atoms with E-state index < -0.39 is 52.5 Å². The van der Waals surface area contributed by atoms with Crippen LogP contribution in [0.3, 0.4) is 0 Å². The van der Waals surface area contributed by atoms with Crippen LogP contribution < -0.4 is 14.2 Å². The molecule has 0 radical (unpaired) electrons. The number of unbranched alkanes of at least 4 members (excludes halogenated alkanes) is 1. The van der Waals surface area contributed by atoms with Gasteiger partial charge in [-0.25, -0.2) is 13.2 Å². The zero-order valence-electron chi connectivity index (χ0n) is 26.7. The second-order valence-corrected chi connectivity index (χ2v) is 12.5. The number of halogens is 6. The molecule has 254 valence electrons. The molecule has 0 N–H and O–H groups in total. The minimum atomic E-state index is -1.26. The van der Waals surface area contributed by atoms with Crippen LogP contribution >= 0.6 is 0 Å². The minimum Gasteiger partial charge on any atom is -0.491 e. The van der Waals surface area contributed by atoms with E-state index in [4.69, 9.17) is 14.2 Å². The van der Waals surface area contributed by atoms with Gasteiger partial charge in [0.1, 0.15) is 0 Å². The van der Waals surface area contributed by atoms with Crippen LogP contribution in [0.25, 0.3) is 0 Å². The summed E-state index contributed by atoms with van der Waals surface area (Å²) in [7, 11) is 0. The van der Waals surface area contributed by atoms with Crippen molar-refractivity contribution in [3.05, 3.63) is 88.0 Å². The van der Waals surface area contributed by atoms with E-state index in [1.54, 1.807) is 6.92 Å². The average molecular weight is 663 g/mol. The number of carbonyl (C=O) groups excluding carboxylic acids is 1. The van der Waals surface area contributed by atoms with Crippen LogP contribution in [-0.2, 0) is 4.79 Å². The smallest absolute Gasteiger partial charge is 0.314 e. The number of benzene rings is 3. The molecule has 0 bridgehead atoms. The van der Waals surface area contributed by atoms with E-state index in [1.807, 2.05) is 6.92 Å². The summed E-state index contributed by atoms with van der Waals surface area (Å²) in [6.07, 6.45) is 4.84. The molecule has 47 heavy (non-hydrogen) atoms. The molecule has 0 atom stereocenters. The number of esters is 1. The van der Waals surface area contributed by atoms with Crippen molar-refractivity contribution in [3.63, 3.8) is 0 Å². The van der Waals surface area contributed by atoms with Crippen molar-refractivity contribution < 1.29 is 45.3 Å². The summed E-state index contributed by atoms with van der Waals surface area (Å²) in [5.41, 5.74) is 0.622. The van der Waals surface area contributed by atoms with Gasteiger partial charge in [0.2, 0.25) is 17.5 Å². The van der Waals surface area contributed by atoms with Crippen molar-refractivity contribution in [2.75, 3.05) is 13.2 Å². The molecule has 2 saturated carbocycles. The van der Waals surface area contributed by atoms with Crippen LogP contribution in [0.15, 0.2) is 36.4 Å². The summed E-state index contributed by atoms with van der Waals surface area (Å²) < 4.78 is 105. The highest BCUT2D eigenvalue weighted by Gasteiger charge is 2.33. The molecule has 0 aromatic heterocycles. The van der Waals surface area contributed by atoms with Crippen LogP contribution in [0.4, 0.5) is 26.3 Å². The highest BCUT2D eigenvalue weighted by atomic mass is 19.2. The summed E-state index contributed by atoms with van der Waals surface area (Å²) in [5.74, 6) is -9.28. The van der Waals surface area contributed by atoms with Gasteiger partial charge in [-0.3, -0.25) is 4.79 Å². The van der Waals surface area contributed by atoms with Crippen molar-refractivity contribution in [1.29, 1.82) is 0 Å². The standard InChI is InChI=1S/C37H40F6O4/c1-3-5-20-46-29-18-15-26(32(39)35(29)42)23-10-12-24(13-11-23)37(44)47-30-19-16-27(33(40)36(30)43)22-8-6-21(7-9-22)25-14-17-28(45-4-2)34(41)31(25)38/h14-19,21-24H,3-13,20H2,1-2H3. The number of hydrogen-bond acceptors (Lipinski definition) is 4. The van der Waals surface area contributed by atoms with Gasteiger partial charge in [-0.1, -0.05) is 31.5 Å². The Hall–Kier alpha value is -3.69. The number of hydrogen-bond donors (Lipinski definition) is 0. The Morgan fingerprint density at radius 3 is 1.43 bits per heavy atom. The normalized spacial score (nSPS) is 21.4. The predicted molar refractivity (Wildman–Crippen MR) is 165 cm³/mol. The lowest BCUT2D eigenvalue weighted by Crippen LogP contribution is -2.26. The monoisotopic (exact) mass is 662 g/mol. The van der Waals surface area contributed by atoms with Gasteiger partial charge in [-0.15, -0.1) is 0 Å². The van der Waals surface area contributed by atoms with E-state index in [9.17, 15) is 22.4 Å². The van der Waals surface area contributed by atoms with E-state index in [1.165, 1.54) is 36.4 Å². The molecule has 0 unspecified atom stereocenters. The molecular formula is C37H40F6O4. The summed E-state index contributed by atoms with van der Waals surface area (Å²) in [4.78, 5) is 12.9. The minimum absolute atomic E-state index is 0.124. The largest absolute Gasteiger partial charge is 0.491 e. The molecule has 0 heterocycles. The molecule has 4 nitrogen and oxygen atoms in total. The van der Waals surface area contributed by atoms with Gasteiger partial charge in [0.25, 0.3) is 0 Å². The molecule has 2 aliphatic carbocycles. The van der Waals surface area contributed by atoms with Gasteiger partial charge in [-0.05, 0) is 117 Å². The second-order valence-electron chi connectivity index (χ2n) is 12.5. The van der Waals surface area contributed by atoms with Crippen LogP contribution in [-0.4, -0.2) is 19.2 Å². The molecule has 0 amide bonds. The third-order valence-corrected chi connectivity index (χ3v) is 9.60. The van der Waals surface area contributed by atoms with E-state index in [-0.39, 0.29) is 52.5 Å². The number of carbonyl (C=O) groups is 1. The lowest BCUT2D eigenvalue weighted by molar-refractivity contribution is -0.140. The molecule has 10 heteroatoms. The summed E-state index contributed by atoms with van der Waals surface area (Å²) in [6.45, 7) is 4.15. The van der Waals surface area contributed by atoms with Gasteiger partial charge >= 0.3 is 5.97 Å². The van der Waals surface area contributed by atoms with Crippen LogP contribution in [0, 0.1) is 40.8 Å². The lowest BCUT2D eigenvalue weighted by atomic mass is 9.76.